The Morgan fingerprint density at radius 1 is 0.902 bits per heavy atom. The molecular formula is C30H40FN5O5. The van der Waals surface area contributed by atoms with Crippen LogP contribution in [-0.2, 0) is 16.5 Å². The first kappa shape index (κ1) is 31.4. The molecule has 3 aromatic rings. The van der Waals surface area contributed by atoms with Crippen molar-refractivity contribution in [2.75, 3.05) is 13.1 Å². The van der Waals surface area contributed by atoms with Crippen molar-refractivity contribution in [2.45, 2.75) is 71.6 Å². The molecule has 1 atom stereocenters. The van der Waals surface area contributed by atoms with Crippen LogP contribution in [0.3, 0.4) is 0 Å². The molecule has 10 nitrogen and oxygen atoms in total. The van der Waals surface area contributed by atoms with E-state index in [0.29, 0.717) is 24.9 Å². The summed E-state index contributed by atoms with van der Waals surface area (Å²) < 4.78 is 25.7. The van der Waals surface area contributed by atoms with E-state index >= 15 is 0 Å². The van der Waals surface area contributed by atoms with Crippen LogP contribution in [0.25, 0.3) is 22.2 Å². The lowest BCUT2D eigenvalue weighted by Crippen LogP contribution is -2.46. The number of benzene rings is 2. The Balaban J connectivity index is 1.66. The number of alkyl carbamates (subject to hydrolysis) is 2. The number of halogens is 1. The van der Waals surface area contributed by atoms with Crippen LogP contribution >= 0.6 is 0 Å². The number of fused-ring (bicyclic) bond motifs is 1. The Morgan fingerprint density at radius 3 is 2.15 bits per heavy atom. The number of carbonyl (C=O) groups excluding carboxylic acids is 3. The van der Waals surface area contributed by atoms with Gasteiger partial charge in [0.1, 0.15) is 17.0 Å². The summed E-state index contributed by atoms with van der Waals surface area (Å²) in [6.07, 6.45) is -0.146. The first-order valence-electron chi connectivity index (χ1n) is 13.6. The standard InChI is InChI=1S/C30H40FN5O5/c1-29(2,3)40-27(38)32-16-8-9-22(34-28(39)41-30(4,5)6)18-33-26(37)25-35-23-17-20(12-15-24(23)36(25)7)19-10-13-21(31)14-11-19/h10-15,17,22H,8-9,16,18H2,1-7H3,(H,32,38)(H,33,37)(H,34,39)/t22-/m0/s1. The van der Waals surface area contributed by atoms with E-state index in [1.807, 2.05) is 18.2 Å². The summed E-state index contributed by atoms with van der Waals surface area (Å²) in [7, 11) is 1.75. The summed E-state index contributed by atoms with van der Waals surface area (Å²) in [5, 5.41) is 8.35. The number of imidazole rings is 1. The minimum absolute atomic E-state index is 0.120. The molecule has 1 aromatic heterocycles. The number of ether oxygens (including phenoxy) is 2. The number of aromatic nitrogens is 2. The highest BCUT2D eigenvalue weighted by atomic mass is 19.1. The number of nitrogens with one attached hydrogen (secondary N) is 3. The van der Waals surface area contributed by atoms with Crippen molar-refractivity contribution in [2.24, 2.45) is 7.05 Å². The predicted octanol–water partition coefficient (Wildman–Crippen LogP) is 5.31. The van der Waals surface area contributed by atoms with Crippen LogP contribution in [0.4, 0.5) is 14.0 Å². The van der Waals surface area contributed by atoms with Crippen molar-refractivity contribution in [1.29, 1.82) is 0 Å². The molecule has 1 heterocycles. The summed E-state index contributed by atoms with van der Waals surface area (Å²) in [5.41, 5.74) is 1.78. The minimum Gasteiger partial charge on any atom is -0.444 e. The summed E-state index contributed by atoms with van der Waals surface area (Å²) in [6.45, 7) is 11.1. The van der Waals surface area contributed by atoms with E-state index in [4.69, 9.17) is 9.47 Å². The van der Waals surface area contributed by atoms with Gasteiger partial charge in [-0.15, -0.1) is 0 Å². The van der Waals surface area contributed by atoms with Gasteiger partial charge in [-0.25, -0.2) is 19.0 Å². The molecule has 0 bridgehead atoms. The third kappa shape index (κ3) is 9.77. The SMILES string of the molecule is Cn1c(C(=O)NC[C@H](CCCNC(=O)OC(C)(C)C)NC(=O)OC(C)(C)C)nc2cc(-c3ccc(F)cc3)ccc21. The third-order valence-electron chi connectivity index (χ3n) is 5.89. The Kier molecular flexibility index (Phi) is 9.96. The summed E-state index contributed by atoms with van der Waals surface area (Å²) >= 11 is 0. The van der Waals surface area contributed by atoms with Gasteiger partial charge in [-0.05, 0) is 89.8 Å². The summed E-state index contributed by atoms with van der Waals surface area (Å²) in [5.74, 6) is -0.515. The van der Waals surface area contributed by atoms with Gasteiger partial charge in [0.15, 0.2) is 5.82 Å². The first-order chi connectivity index (χ1) is 19.1. The number of carbonyl (C=O) groups is 3. The molecule has 0 spiro atoms. The average molecular weight is 570 g/mol. The van der Waals surface area contributed by atoms with Gasteiger partial charge >= 0.3 is 12.2 Å². The Hall–Kier alpha value is -4.15. The lowest BCUT2D eigenvalue weighted by molar-refractivity contribution is 0.0487. The number of nitrogens with zero attached hydrogens (tertiary/aromatic N) is 2. The van der Waals surface area contributed by atoms with Crippen LogP contribution < -0.4 is 16.0 Å². The van der Waals surface area contributed by atoms with E-state index in [0.717, 1.165) is 16.6 Å². The van der Waals surface area contributed by atoms with E-state index in [1.165, 1.54) is 12.1 Å². The molecule has 222 valence electrons. The maximum absolute atomic E-state index is 13.3. The van der Waals surface area contributed by atoms with Gasteiger partial charge in [0.2, 0.25) is 0 Å². The number of hydrogen-bond donors (Lipinski definition) is 3. The molecule has 0 saturated heterocycles. The van der Waals surface area contributed by atoms with Crippen molar-refractivity contribution in [3.63, 3.8) is 0 Å². The fourth-order valence-corrected chi connectivity index (χ4v) is 4.07. The average Bonchev–Trinajstić information content (AvgIpc) is 3.18. The zero-order valence-electron chi connectivity index (χ0n) is 24.8. The van der Waals surface area contributed by atoms with Crippen LogP contribution in [0.15, 0.2) is 42.5 Å². The van der Waals surface area contributed by atoms with Gasteiger partial charge in [0.05, 0.1) is 11.0 Å². The Labute approximate surface area is 240 Å². The van der Waals surface area contributed by atoms with Crippen LogP contribution in [0.2, 0.25) is 0 Å². The second kappa shape index (κ2) is 13.0. The molecule has 3 N–H and O–H groups in total. The van der Waals surface area contributed by atoms with Gasteiger partial charge in [-0.2, -0.15) is 0 Å². The van der Waals surface area contributed by atoms with E-state index in [9.17, 15) is 18.8 Å². The molecule has 0 fully saturated rings. The minimum atomic E-state index is -0.685. The van der Waals surface area contributed by atoms with Crippen LogP contribution in [0.1, 0.15) is 65.0 Å². The predicted molar refractivity (Wildman–Crippen MR) is 155 cm³/mol. The number of aryl methyl sites for hydroxylation is 1. The van der Waals surface area contributed by atoms with Crippen LogP contribution in [0.5, 0.6) is 0 Å². The highest BCUT2D eigenvalue weighted by molar-refractivity contribution is 5.95. The molecule has 0 aliphatic carbocycles. The van der Waals surface area contributed by atoms with Gasteiger partial charge in [0.25, 0.3) is 5.91 Å². The molecule has 0 aliphatic rings. The molecule has 2 aromatic carbocycles. The van der Waals surface area contributed by atoms with E-state index in [1.54, 1.807) is 65.3 Å². The first-order valence-corrected chi connectivity index (χ1v) is 13.6. The van der Waals surface area contributed by atoms with Crippen LogP contribution in [-0.4, -0.2) is 58.0 Å². The maximum atomic E-state index is 13.3. The van der Waals surface area contributed by atoms with Gasteiger partial charge < -0.3 is 30.0 Å². The monoisotopic (exact) mass is 569 g/mol. The Bertz CT molecular complexity index is 1370. The molecule has 3 rings (SSSR count). The highest BCUT2D eigenvalue weighted by Gasteiger charge is 2.22. The van der Waals surface area contributed by atoms with Crippen molar-refractivity contribution < 1.29 is 28.2 Å². The fraction of sp³-hybridized carbons (Fsp3) is 0.467. The molecular weight excluding hydrogens is 529 g/mol. The van der Waals surface area contributed by atoms with E-state index in [-0.39, 0.29) is 18.2 Å². The molecule has 0 unspecified atom stereocenters. The number of rotatable bonds is 9. The second-order valence-electron chi connectivity index (χ2n) is 11.8. The lowest BCUT2D eigenvalue weighted by atomic mass is 10.1. The molecule has 0 radical (unpaired) electrons. The Morgan fingerprint density at radius 2 is 1.51 bits per heavy atom. The fourth-order valence-electron chi connectivity index (χ4n) is 4.07. The summed E-state index contributed by atoms with van der Waals surface area (Å²) in [4.78, 5) is 42.0. The normalized spacial score (nSPS) is 12.5. The van der Waals surface area contributed by atoms with Gasteiger partial charge in [-0.1, -0.05) is 18.2 Å². The number of hydrogen-bond acceptors (Lipinski definition) is 6. The van der Waals surface area contributed by atoms with Crippen molar-refractivity contribution in [1.82, 2.24) is 25.5 Å². The second-order valence-corrected chi connectivity index (χ2v) is 11.8. The topological polar surface area (TPSA) is 124 Å². The highest BCUT2D eigenvalue weighted by Crippen LogP contribution is 2.25. The van der Waals surface area contributed by atoms with Gasteiger partial charge in [-0.3, -0.25) is 4.79 Å². The zero-order valence-corrected chi connectivity index (χ0v) is 24.8. The number of amides is 3. The molecule has 0 saturated carbocycles. The van der Waals surface area contributed by atoms with Gasteiger partial charge in [0, 0.05) is 26.2 Å². The smallest absolute Gasteiger partial charge is 0.407 e. The molecule has 3 amide bonds. The summed E-state index contributed by atoms with van der Waals surface area (Å²) in [6, 6.07) is 11.3. The van der Waals surface area contributed by atoms with E-state index < -0.39 is 35.3 Å². The van der Waals surface area contributed by atoms with Crippen molar-refractivity contribution >= 4 is 29.1 Å². The maximum Gasteiger partial charge on any atom is 0.407 e. The molecule has 41 heavy (non-hydrogen) atoms. The molecule has 0 aliphatic heterocycles. The van der Waals surface area contributed by atoms with Crippen molar-refractivity contribution in [3.8, 4) is 11.1 Å². The lowest BCUT2D eigenvalue weighted by Gasteiger charge is -2.24. The third-order valence-corrected chi connectivity index (χ3v) is 5.89. The van der Waals surface area contributed by atoms with Crippen LogP contribution in [0, 0.1) is 5.82 Å². The van der Waals surface area contributed by atoms with Crippen molar-refractivity contribution in [3.05, 3.63) is 54.1 Å². The van der Waals surface area contributed by atoms with E-state index in [2.05, 4.69) is 20.9 Å². The molecule has 11 heteroatoms. The quantitative estimate of drug-likeness (QED) is 0.300. The largest absolute Gasteiger partial charge is 0.444 e. The zero-order chi connectivity index (χ0) is 30.4.